The molecule has 0 bridgehead atoms. The van der Waals surface area contributed by atoms with Crippen LogP contribution in [0, 0.1) is 0 Å². The van der Waals surface area contributed by atoms with E-state index in [4.69, 9.17) is 11.6 Å². The van der Waals surface area contributed by atoms with Crippen LogP contribution in [-0.4, -0.2) is 11.2 Å². The van der Waals surface area contributed by atoms with E-state index in [2.05, 4.69) is 6.58 Å². The van der Waals surface area contributed by atoms with Crippen molar-refractivity contribution < 1.29 is 5.11 Å². The number of aliphatic hydroxyl groups excluding tert-OH is 1. The summed E-state index contributed by atoms with van der Waals surface area (Å²) in [7, 11) is 0. The summed E-state index contributed by atoms with van der Waals surface area (Å²) in [5.41, 5.74) is 1.02. The Morgan fingerprint density at radius 2 is 2.13 bits per heavy atom. The third kappa shape index (κ3) is 4.50. The van der Waals surface area contributed by atoms with Crippen molar-refractivity contribution in [1.82, 2.24) is 0 Å². The van der Waals surface area contributed by atoms with Crippen molar-refractivity contribution in [1.29, 1.82) is 0 Å². The quantitative estimate of drug-likeness (QED) is 0.578. The van der Waals surface area contributed by atoms with E-state index in [1.54, 1.807) is 0 Å². The fourth-order valence-corrected chi connectivity index (χ4v) is 1.73. The van der Waals surface area contributed by atoms with Crippen LogP contribution in [0.15, 0.2) is 36.9 Å². The predicted molar refractivity (Wildman–Crippen MR) is 65.2 cm³/mol. The maximum atomic E-state index is 9.76. The fraction of sp³-hybridized carbons (Fsp3) is 0.385. The van der Waals surface area contributed by atoms with Gasteiger partial charge < -0.3 is 5.11 Å². The van der Waals surface area contributed by atoms with Crippen molar-refractivity contribution in [3.8, 4) is 0 Å². The Balaban J connectivity index is 2.40. The van der Waals surface area contributed by atoms with E-state index < -0.39 is 0 Å². The lowest BCUT2D eigenvalue weighted by Crippen LogP contribution is -2.10. The van der Waals surface area contributed by atoms with E-state index in [1.165, 1.54) is 0 Å². The zero-order valence-corrected chi connectivity index (χ0v) is 9.58. The molecule has 0 aliphatic heterocycles. The van der Waals surface area contributed by atoms with Gasteiger partial charge in [0.25, 0.3) is 0 Å². The molecule has 15 heavy (non-hydrogen) atoms. The largest absolute Gasteiger partial charge is 0.393 e. The second kappa shape index (κ2) is 6.65. The number of benzene rings is 1. The molecule has 1 N–H and O–H groups in total. The highest BCUT2D eigenvalue weighted by atomic mass is 35.5. The zero-order chi connectivity index (χ0) is 11.1. The molecule has 0 aromatic heterocycles. The molecule has 1 nitrogen and oxygen atoms in total. The van der Waals surface area contributed by atoms with Gasteiger partial charge in [0.05, 0.1) is 6.10 Å². The highest BCUT2D eigenvalue weighted by Gasteiger charge is 2.07. The minimum absolute atomic E-state index is 0.301. The molecule has 0 aliphatic rings. The standard InChI is InChI=1S/C13H17ClO/c1-2-3-4-8-12(15)10-11-7-5-6-9-13(11)14/h2,5-7,9,12,15H,1,3-4,8,10H2. The third-order valence-electron chi connectivity index (χ3n) is 2.36. The van der Waals surface area contributed by atoms with Crippen molar-refractivity contribution >= 4 is 11.6 Å². The minimum Gasteiger partial charge on any atom is -0.393 e. The summed E-state index contributed by atoms with van der Waals surface area (Å²) in [6, 6.07) is 7.65. The van der Waals surface area contributed by atoms with Gasteiger partial charge in [-0.25, -0.2) is 0 Å². The molecule has 0 fully saturated rings. The first-order valence-electron chi connectivity index (χ1n) is 5.26. The van der Waals surface area contributed by atoms with E-state index in [9.17, 15) is 5.11 Å². The number of hydrogen-bond acceptors (Lipinski definition) is 1. The monoisotopic (exact) mass is 224 g/mol. The number of halogens is 1. The van der Waals surface area contributed by atoms with Crippen molar-refractivity contribution in [3.05, 3.63) is 47.5 Å². The molecule has 1 aromatic carbocycles. The average Bonchev–Trinajstić information content (AvgIpc) is 2.22. The maximum absolute atomic E-state index is 9.76. The van der Waals surface area contributed by atoms with Crippen LogP contribution in [0.25, 0.3) is 0 Å². The van der Waals surface area contributed by atoms with E-state index in [0.29, 0.717) is 6.42 Å². The molecular formula is C13H17ClO. The Hall–Kier alpha value is -0.790. The van der Waals surface area contributed by atoms with Crippen molar-refractivity contribution in [2.75, 3.05) is 0 Å². The van der Waals surface area contributed by atoms with Crippen molar-refractivity contribution in [2.24, 2.45) is 0 Å². The number of rotatable bonds is 6. The molecule has 2 heteroatoms. The molecule has 0 saturated heterocycles. The SMILES string of the molecule is C=CCCCC(O)Cc1ccccc1Cl. The van der Waals surface area contributed by atoms with Crippen LogP contribution in [0.2, 0.25) is 5.02 Å². The van der Waals surface area contributed by atoms with Crippen LogP contribution in [0.4, 0.5) is 0 Å². The number of allylic oxidation sites excluding steroid dienone is 1. The molecule has 0 spiro atoms. The fourth-order valence-electron chi connectivity index (χ4n) is 1.52. The number of unbranched alkanes of at least 4 members (excludes halogenated alkanes) is 1. The summed E-state index contributed by atoms with van der Waals surface area (Å²) in [4.78, 5) is 0. The first kappa shape index (κ1) is 12.3. The van der Waals surface area contributed by atoms with Gasteiger partial charge in [0, 0.05) is 5.02 Å². The van der Waals surface area contributed by atoms with Gasteiger partial charge in [-0.3, -0.25) is 0 Å². The topological polar surface area (TPSA) is 20.2 Å². The van der Waals surface area contributed by atoms with Gasteiger partial charge in [-0.05, 0) is 37.3 Å². The van der Waals surface area contributed by atoms with Gasteiger partial charge in [-0.1, -0.05) is 35.9 Å². The Labute approximate surface area is 96.4 Å². The predicted octanol–water partition coefficient (Wildman–Crippen LogP) is 3.60. The zero-order valence-electron chi connectivity index (χ0n) is 8.82. The second-order valence-electron chi connectivity index (χ2n) is 3.67. The summed E-state index contributed by atoms with van der Waals surface area (Å²) in [5, 5.41) is 10.5. The molecule has 1 rings (SSSR count). The molecule has 1 unspecified atom stereocenters. The Kier molecular flexibility index (Phi) is 5.44. The Morgan fingerprint density at radius 1 is 1.40 bits per heavy atom. The van der Waals surface area contributed by atoms with E-state index in [1.807, 2.05) is 30.3 Å². The first-order valence-corrected chi connectivity index (χ1v) is 5.64. The summed E-state index contributed by atoms with van der Waals surface area (Å²) in [6.45, 7) is 3.65. The molecule has 0 heterocycles. The number of hydrogen-bond donors (Lipinski definition) is 1. The first-order chi connectivity index (χ1) is 7.24. The molecule has 1 atom stereocenters. The Bertz CT molecular complexity index is 309. The molecule has 0 amide bonds. The number of aliphatic hydroxyl groups is 1. The van der Waals surface area contributed by atoms with Crippen LogP contribution in [0.1, 0.15) is 24.8 Å². The van der Waals surface area contributed by atoms with Crippen LogP contribution in [0.5, 0.6) is 0 Å². The van der Waals surface area contributed by atoms with E-state index in [0.717, 1.165) is 29.8 Å². The van der Waals surface area contributed by atoms with Gasteiger partial charge in [-0.15, -0.1) is 6.58 Å². The molecule has 0 radical (unpaired) electrons. The molecule has 0 aliphatic carbocycles. The Morgan fingerprint density at radius 3 is 2.80 bits per heavy atom. The van der Waals surface area contributed by atoms with E-state index >= 15 is 0 Å². The summed E-state index contributed by atoms with van der Waals surface area (Å²) < 4.78 is 0. The summed E-state index contributed by atoms with van der Waals surface area (Å²) in [6.07, 6.45) is 4.95. The average molecular weight is 225 g/mol. The molecular weight excluding hydrogens is 208 g/mol. The van der Waals surface area contributed by atoms with Crippen LogP contribution < -0.4 is 0 Å². The van der Waals surface area contributed by atoms with E-state index in [-0.39, 0.29) is 6.10 Å². The lowest BCUT2D eigenvalue weighted by Gasteiger charge is -2.10. The third-order valence-corrected chi connectivity index (χ3v) is 2.73. The van der Waals surface area contributed by atoms with Crippen molar-refractivity contribution in [2.45, 2.75) is 31.8 Å². The summed E-state index contributed by atoms with van der Waals surface area (Å²) >= 11 is 6.00. The maximum Gasteiger partial charge on any atom is 0.0581 e. The second-order valence-corrected chi connectivity index (χ2v) is 4.08. The van der Waals surface area contributed by atoms with Crippen molar-refractivity contribution in [3.63, 3.8) is 0 Å². The lowest BCUT2D eigenvalue weighted by molar-refractivity contribution is 0.162. The van der Waals surface area contributed by atoms with Gasteiger partial charge in [0.1, 0.15) is 0 Å². The summed E-state index contributed by atoms with van der Waals surface area (Å²) in [5.74, 6) is 0. The lowest BCUT2D eigenvalue weighted by atomic mass is 10.0. The van der Waals surface area contributed by atoms with Gasteiger partial charge >= 0.3 is 0 Å². The smallest absolute Gasteiger partial charge is 0.0581 e. The van der Waals surface area contributed by atoms with Gasteiger partial charge in [-0.2, -0.15) is 0 Å². The molecule has 1 aromatic rings. The van der Waals surface area contributed by atoms with Crippen LogP contribution >= 0.6 is 11.6 Å². The van der Waals surface area contributed by atoms with Crippen LogP contribution in [-0.2, 0) is 6.42 Å². The molecule has 0 saturated carbocycles. The highest BCUT2D eigenvalue weighted by molar-refractivity contribution is 6.31. The molecule has 82 valence electrons. The highest BCUT2D eigenvalue weighted by Crippen LogP contribution is 2.18. The van der Waals surface area contributed by atoms with Crippen LogP contribution in [0.3, 0.4) is 0 Å². The minimum atomic E-state index is -0.301. The van der Waals surface area contributed by atoms with Gasteiger partial charge in [0.15, 0.2) is 0 Å². The van der Waals surface area contributed by atoms with Gasteiger partial charge in [0.2, 0.25) is 0 Å². The normalized spacial score (nSPS) is 12.4.